The first-order valence-electron chi connectivity index (χ1n) is 8.32. The van der Waals surface area contributed by atoms with Crippen LogP contribution in [0.5, 0.6) is 0 Å². The number of nitrogens with one attached hydrogen (secondary N) is 1. The number of carbonyl (C=O) groups is 4. The molecule has 1 N–H and O–H groups in total. The third kappa shape index (κ3) is 3.40. The fraction of sp³-hybridized carbons (Fsp3) is 0.444. The molecule has 3 amide bonds. The second-order valence-electron chi connectivity index (χ2n) is 6.65. The molecule has 1 aromatic rings. The Morgan fingerprint density at radius 3 is 2.46 bits per heavy atom. The smallest absolute Gasteiger partial charge is 0.337 e. The normalized spacial score (nSPS) is 22.2. The lowest BCUT2D eigenvalue weighted by Crippen LogP contribution is -2.46. The molecule has 0 bridgehead atoms. The molecule has 1 aliphatic carbocycles. The summed E-state index contributed by atoms with van der Waals surface area (Å²) in [6.07, 6.45) is 1.78. The summed E-state index contributed by atoms with van der Waals surface area (Å²) in [6.45, 7) is 1.25. The van der Waals surface area contributed by atoms with Crippen LogP contribution in [-0.2, 0) is 25.7 Å². The molecule has 1 heterocycles. The molecule has 1 saturated carbocycles. The summed E-state index contributed by atoms with van der Waals surface area (Å²) in [5.41, 5.74) is 0.147. The van der Waals surface area contributed by atoms with Crippen molar-refractivity contribution in [3.63, 3.8) is 0 Å². The van der Waals surface area contributed by atoms with E-state index < -0.39 is 30.1 Å². The molecule has 8 nitrogen and oxygen atoms in total. The first kappa shape index (κ1) is 17.9. The van der Waals surface area contributed by atoms with Crippen molar-refractivity contribution in [2.75, 3.05) is 13.7 Å². The number of urea groups is 1. The lowest BCUT2D eigenvalue weighted by Gasteiger charge is -2.20. The van der Waals surface area contributed by atoms with Crippen LogP contribution < -0.4 is 5.32 Å². The van der Waals surface area contributed by atoms with Crippen LogP contribution in [0.4, 0.5) is 4.79 Å². The van der Waals surface area contributed by atoms with Gasteiger partial charge in [0.25, 0.3) is 5.91 Å². The van der Waals surface area contributed by atoms with Crippen LogP contribution in [0.15, 0.2) is 24.3 Å². The molecule has 0 radical (unpaired) electrons. The van der Waals surface area contributed by atoms with E-state index in [2.05, 4.69) is 10.1 Å². The van der Waals surface area contributed by atoms with Crippen molar-refractivity contribution in [2.45, 2.75) is 31.9 Å². The van der Waals surface area contributed by atoms with E-state index in [1.54, 1.807) is 31.2 Å². The fourth-order valence-corrected chi connectivity index (χ4v) is 2.99. The van der Waals surface area contributed by atoms with Crippen molar-refractivity contribution in [1.29, 1.82) is 0 Å². The van der Waals surface area contributed by atoms with Gasteiger partial charge < -0.3 is 14.8 Å². The van der Waals surface area contributed by atoms with Gasteiger partial charge in [0, 0.05) is 0 Å². The van der Waals surface area contributed by atoms with Crippen molar-refractivity contribution in [2.24, 2.45) is 5.92 Å². The molecule has 1 aliphatic heterocycles. The van der Waals surface area contributed by atoms with Gasteiger partial charge in [-0.2, -0.15) is 0 Å². The molecule has 1 atom stereocenters. The zero-order chi connectivity index (χ0) is 18.9. The number of amides is 3. The maximum Gasteiger partial charge on any atom is 0.337 e. The molecule has 2 aliphatic rings. The Balaban J connectivity index is 1.53. The van der Waals surface area contributed by atoms with E-state index >= 15 is 0 Å². The molecule has 0 aromatic heterocycles. The van der Waals surface area contributed by atoms with Gasteiger partial charge in [0.05, 0.1) is 12.7 Å². The molecule has 26 heavy (non-hydrogen) atoms. The number of ether oxygens (including phenoxy) is 2. The minimum atomic E-state index is -0.916. The molecule has 8 heteroatoms. The quantitative estimate of drug-likeness (QED) is 0.605. The molecule has 2 fully saturated rings. The molecule has 138 valence electrons. The highest BCUT2D eigenvalue weighted by molar-refractivity contribution is 6.08. The fourth-order valence-electron chi connectivity index (χ4n) is 2.99. The van der Waals surface area contributed by atoms with Crippen molar-refractivity contribution < 1.29 is 28.7 Å². The lowest BCUT2D eigenvalue weighted by atomic mass is 9.96. The largest absolute Gasteiger partial charge is 0.465 e. The number of hydrogen-bond acceptors (Lipinski definition) is 6. The Hall–Kier alpha value is -2.90. The Kier molecular flexibility index (Phi) is 4.67. The molecule has 3 rings (SSSR count). The second kappa shape index (κ2) is 6.78. The SMILES string of the molecule is COC(=O)c1ccc(COC(=O)CN2C(=O)N[C@@](C)(C3CC3)C2=O)cc1. The number of benzene rings is 1. The molecular weight excluding hydrogens is 340 g/mol. The van der Waals surface area contributed by atoms with Crippen LogP contribution >= 0.6 is 0 Å². The summed E-state index contributed by atoms with van der Waals surface area (Å²) in [5.74, 6) is -1.38. The van der Waals surface area contributed by atoms with Crippen molar-refractivity contribution in [1.82, 2.24) is 10.2 Å². The van der Waals surface area contributed by atoms with E-state index in [-0.39, 0.29) is 18.4 Å². The molecule has 0 spiro atoms. The first-order valence-corrected chi connectivity index (χ1v) is 8.32. The molecular formula is C18H20N2O6. The van der Waals surface area contributed by atoms with Crippen LogP contribution in [-0.4, -0.2) is 48.0 Å². The van der Waals surface area contributed by atoms with Gasteiger partial charge in [0.2, 0.25) is 0 Å². The van der Waals surface area contributed by atoms with Crippen LogP contribution in [0.1, 0.15) is 35.7 Å². The van der Waals surface area contributed by atoms with Crippen molar-refractivity contribution in [3.8, 4) is 0 Å². The zero-order valence-corrected chi connectivity index (χ0v) is 14.6. The van der Waals surface area contributed by atoms with Gasteiger partial charge in [-0.1, -0.05) is 12.1 Å². The van der Waals surface area contributed by atoms with Crippen molar-refractivity contribution >= 4 is 23.9 Å². The summed E-state index contributed by atoms with van der Waals surface area (Å²) < 4.78 is 9.74. The monoisotopic (exact) mass is 360 g/mol. The summed E-state index contributed by atoms with van der Waals surface area (Å²) in [5, 5.41) is 2.68. The summed E-state index contributed by atoms with van der Waals surface area (Å²) in [7, 11) is 1.29. The van der Waals surface area contributed by atoms with Crippen LogP contribution in [0.25, 0.3) is 0 Å². The van der Waals surface area contributed by atoms with Gasteiger partial charge in [-0.25, -0.2) is 9.59 Å². The van der Waals surface area contributed by atoms with Crippen LogP contribution in [0.3, 0.4) is 0 Å². The predicted molar refractivity (Wildman–Crippen MR) is 89.0 cm³/mol. The van der Waals surface area contributed by atoms with Crippen LogP contribution in [0.2, 0.25) is 0 Å². The zero-order valence-electron chi connectivity index (χ0n) is 14.6. The highest BCUT2D eigenvalue weighted by Gasteiger charge is 2.56. The molecule has 0 unspecified atom stereocenters. The lowest BCUT2D eigenvalue weighted by molar-refractivity contribution is -0.148. The number of imide groups is 1. The van der Waals surface area contributed by atoms with E-state index in [4.69, 9.17) is 4.74 Å². The van der Waals surface area contributed by atoms with Gasteiger partial charge in [-0.3, -0.25) is 14.5 Å². The average molecular weight is 360 g/mol. The third-order valence-corrected chi connectivity index (χ3v) is 4.76. The van der Waals surface area contributed by atoms with E-state index in [0.29, 0.717) is 11.1 Å². The maximum atomic E-state index is 12.4. The maximum absolute atomic E-state index is 12.4. The van der Waals surface area contributed by atoms with E-state index in [1.165, 1.54) is 7.11 Å². The third-order valence-electron chi connectivity index (χ3n) is 4.76. The molecule has 1 saturated heterocycles. The summed E-state index contributed by atoms with van der Waals surface area (Å²) in [4.78, 5) is 48.7. The van der Waals surface area contributed by atoms with E-state index in [0.717, 1.165) is 17.7 Å². The number of hydrogen-bond donors (Lipinski definition) is 1. The number of nitrogens with zero attached hydrogens (tertiary/aromatic N) is 1. The minimum absolute atomic E-state index is 0.0240. The number of esters is 2. The first-order chi connectivity index (χ1) is 12.3. The summed E-state index contributed by atoms with van der Waals surface area (Å²) >= 11 is 0. The van der Waals surface area contributed by atoms with Gasteiger partial charge >= 0.3 is 18.0 Å². The van der Waals surface area contributed by atoms with E-state index in [9.17, 15) is 19.2 Å². The topological polar surface area (TPSA) is 102 Å². The van der Waals surface area contributed by atoms with Gasteiger partial charge in [-0.05, 0) is 43.4 Å². The van der Waals surface area contributed by atoms with Gasteiger partial charge in [0.1, 0.15) is 18.7 Å². The summed E-state index contributed by atoms with van der Waals surface area (Å²) in [6, 6.07) is 5.83. The van der Waals surface area contributed by atoms with Gasteiger partial charge in [0.15, 0.2) is 0 Å². The van der Waals surface area contributed by atoms with Gasteiger partial charge in [-0.15, -0.1) is 0 Å². The van der Waals surface area contributed by atoms with Crippen molar-refractivity contribution in [3.05, 3.63) is 35.4 Å². The Bertz CT molecular complexity index is 755. The Morgan fingerprint density at radius 1 is 1.23 bits per heavy atom. The Morgan fingerprint density at radius 2 is 1.88 bits per heavy atom. The number of carbonyl (C=O) groups excluding carboxylic acids is 4. The Labute approximate surface area is 150 Å². The highest BCUT2D eigenvalue weighted by Crippen LogP contribution is 2.42. The predicted octanol–water partition coefficient (Wildman–Crippen LogP) is 1.24. The number of methoxy groups -OCH3 is 1. The molecule has 1 aromatic carbocycles. The highest BCUT2D eigenvalue weighted by atomic mass is 16.5. The number of rotatable bonds is 6. The average Bonchev–Trinajstić information content (AvgIpc) is 3.46. The standard InChI is InChI=1S/C18H20N2O6/c1-18(13-7-8-13)16(23)20(17(24)19-18)9-14(21)26-10-11-3-5-12(6-4-11)15(22)25-2/h3-6,13H,7-10H2,1-2H3,(H,19,24)/t18-/m0/s1. The second-order valence-corrected chi connectivity index (χ2v) is 6.65. The van der Waals surface area contributed by atoms with Crippen LogP contribution in [0, 0.1) is 5.92 Å². The minimum Gasteiger partial charge on any atom is -0.465 e. The van der Waals surface area contributed by atoms with E-state index in [1.807, 2.05) is 0 Å².